The van der Waals surface area contributed by atoms with Crippen LogP contribution < -0.4 is 15.0 Å². The highest BCUT2D eigenvalue weighted by atomic mass is 19.1. The van der Waals surface area contributed by atoms with Crippen molar-refractivity contribution in [3.05, 3.63) is 53.8 Å². The van der Waals surface area contributed by atoms with Crippen molar-refractivity contribution < 1.29 is 13.9 Å². The molecule has 1 heterocycles. The van der Waals surface area contributed by atoms with Crippen molar-refractivity contribution in [2.45, 2.75) is 13.8 Å². The molecule has 1 aliphatic heterocycles. The van der Waals surface area contributed by atoms with E-state index in [1.807, 2.05) is 12.1 Å². The molecule has 1 saturated heterocycles. The maximum absolute atomic E-state index is 13.1. The molecule has 27 heavy (non-hydrogen) atoms. The highest BCUT2D eigenvalue weighted by Gasteiger charge is 2.17. The summed E-state index contributed by atoms with van der Waals surface area (Å²) in [5.74, 6) is -0.329. The first kappa shape index (κ1) is 19.2. The molecule has 0 bridgehead atoms. The number of nitrogens with one attached hydrogen (secondary N) is 1. The zero-order valence-corrected chi connectivity index (χ0v) is 15.9. The number of amides is 1. The van der Waals surface area contributed by atoms with Crippen molar-refractivity contribution >= 4 is 17.3 Å². The van der Waals surface area contributed by atoms with Crippen LogP contribution in [-0.4, -0.2) is 50.1 Å². The molecule has 1 amide bonds. The summed E-state index contributed by atoms with van der Waals surface area (Å²) in [6.45, 7) is 9.36. The third-order valence-electron chi connectivity index (χ3n) is 4.81. The van der Waals surface area contributed by atoms with Gasteiger partial charge in [0.05, 0.1) is 0 Å². The Morgan fingerprint density at radius 3 is 2.59 bits per heavy atom. The normalized spacial score (nSPS) is 14.9. The van der Waals surface area contributed by atoms with E-state index < -0.39 is 0 Å². The van der Waals surface area contributed by atoms with Crippen LogP contribution >= 0.6 is 0 Å². The zero-order valence-electron chi connectivity index (χ0n) is 15.9. The van der Waals surface area contributed by atoms with Gasteiger partial charge in [-0.25, -0.2) is 4.39 Å². The largest absolute Gasteiger partial charge is 0.484 e. The molecule has 0 aliphatic carbocycles. The summed E-state index contributed by atoms with van der Waals surface area (Å²) in [6, 6.07) is 11.7. The molecular formula is C21H26FN3O2. The lowest BCUT2D eigenvalue weighted by Crippen LogP contribution is -2.46. The molecular weight excluding hydrogens is 345 g/mol. The number of piperazine rings is 1. The highest BCUT2D eigenvalue weighted by Crippen LogP contribution is 2.25. The number of aryl methyl sites for hydroxylation is 1. The van der Waals surface area contributed by atoms with E-state index in [1.54, 1.807) is 12.1 Å². The van der Waals surface area contributed by atoms with Crippen molar-refractivity contribution in [2.75, 3.05) is 49.5 Å². The lowest BCUT2D eigenvalue weighted by atomic mass is 10.1. The van der Waals surface area contributed by atoms with E-state index in [1.165, 1.54) is 17.8 Å². The van der Waals surface area contributed by atoms with Gasteiger partial charge >= 0.3 is 0 Å². The lowest BCUT2D eigenvalue weighted by Gasteiger charge is -2.36. The van der Waals surface area contributed by atoms with E-state index in [2.05, 4.69) is 35.0 Å². The molecule has 2 aromatic rings. The van der Waals surface area contributed by atoms with Crippen molar-refractivity contribution in [1.82, 2.24) is 4.90 Å². The molecule has 0 saturated carbocycles. The number of carbonyl (C=O) groups is 1. The molecule has 1 fully saturated rings. The molecule has 0 aromatic heterocycles. The van der Waals surface area contributed by atoms with Gasteiger partial charge < -0.3 is 19.9 Å². The summed E-state index contributed by atoms with van der Waals surface area (Å²) in [6.07, 6.45) is 0. The fourth-order valence-electron chi connectivity index (χ4n) is 3.30. The summed E-state index contributed by atoms with van der Waals surface area (Å²) < 4.78 is 18.5. The van der Waals surface area contributed by atoms with Crippen molar-refractivity contribution in [3.8, 4) is 5.75 Å². The zero-order chi connectivity index (χ0) is 19.2. The monoisotopic (exact) mass is 371 g/mol. The second kappa shape index (κ2) is 8.86. The van der Waals surface area contributed by atoms with Crippen LogP contribution in [0.25, 0.3) is 0 Å². The summed E-state index contributed by atoms with van der Waals surface area (Å²) in [5, 5.41) is 2.83. The van der Waals surface area contributed by atoms with Crippen molar-refractivity contribution in [1.29, 1.82) is 0 Å². The topological polar surface area (TPSA) is 44.8 Å². The van der Waals surface area contributed by atoms with E-state index in [0.717, 1.165) is 44.0 Å². The number of hydrogen-bond acceptors (Lipinski definition) is 4. The van der Waals surface area contributed by atoms with Gasteiger partial charge in [-0.15, -0.1) is 0 Å². The molecule has 0 spiro atoms. The van der Waals surface area contributed by atoms with Gasteiger partial charge in [-0.2, -0.15) is 0 Å². The first-order valence-electron chi connectivity index (χ1n) is 9.31. The van der Waals surface area contributed by atoms with Crippen molar-refractivity contribution in [3.63, 3.8) is 0 Å². The second-order valence-electron chi connectivity index (χ2n) is 6.72. The number of halogens is 1. The van der Waals surface area contributed by atoms with Crippen LogP contribution in [0.5, 0.6) is 5.75 Å². The fraction of sp³-hybridized carbons (Fsp3) is 0.381. The summed E-state index contributed by atoms with van der Waals surface area (Å²) >= 11 is 0. The summed E-state index contributed by atoms with van der Waals surface area (Å²) in [4.78, 5) is 16.9. The highest BCUT2D eigenvalue weighted by molar-refractivity contribution is 5.92. The van der Waals surface area contributed by atoms with E-state index in [-0.39, 0.29) is 18.3 Å². The fourth-order valence-corrected chi connectivity index (χ4v) is 3.30. The third kappa shape index (κ3) is 5.20. The van der Waals surface area contributed by atoms with Gasteiger partial charge in [0.2, 0.25) is 0 Å². The number of ether oxygens (including phenoxy) is 1. The Labute approximate surface area is 159 Å². The van der Waals surface area contributed by atoms with Crippen LogP contribution in [0.2, 0.25) is 0 Å². The first-order chi connectivity index (χ1) is 13.0. The second-order valence-corrected chi connectivity index (χ2v) is 6.72. The van der Waals surface area contributed by atoms with Crippen LogP contribution in [0.1, 0.15) is 12.5 Å². The van der Waals surface area contributed by atoms with E-state index in [9.17, 15) is 9.18 Å². The standard InChI is InChI=1S/C21H26FN3O2/c1-3-24-9-11-25(12-10-24)20-8-7-18(13-16(20)2)23-21(26)15-27-19-6-4-5-17(22)14-19/h4-8,13-14H,3,9-12,15H2,1-2H3,(H,23,26). The van der Waals surface area contributed by atoms with Gasteiger partial charge in [0, 0.05) is 43.6 Å². The number of rotatable bonds is 6. The Morgan fingerprint density at radius 1 is 1.15 bits per heavy atom. The molecule has 1 N–H and O–H groups in total. The van der Waals surface area contributed by atoms with Gasteiger partial charge in [-0.3, -0.25) is 4.79 Å². The Balaban J connectivity index is 1.55. The molecule has 5 nitrogen and oxygen atoms in total. The molecule has 3 rings (SSSR count). The number of anilines is 2. The molecule has 0 atom stereocenters. The first-order valence-corrected chi connectivity index (χ1v) is 9.31. The predicted molar refractivity (Wildman–Crippen MR) is 106 cm³/mol. The van der Waals surface area contributed by atoms with Gasteiger partial charge in [0.25, 0.3) is 5.91 Å². The minimum atomic E-state index is -0.390. The maximum atomic E-state index is 13.1. The SMILES string of the molecule is CCN1CCN(c2ccc(NC(=O)COc3cccc(F)c3)cc2C)CC1. The van der Waals surface area contributed by atoms with Gasteiger partial charge in [-0.05, 0) is 49.4 Å². The number of carbonyl (C=O) groups excluding carboxylic acids is 1. The number of hydrogen-bond donors (Lipinski definition) is 1. The average molecular weight is 371 g/mol. The molecule has 0 radical (unpaired) electrons. The minimum absolute atomic E-state index is 0.163. The molecule has 144 valence electrons. The third-order valence-corrected chi connectivity index (χ3v) is 4.81. The quantitative estimate of drug-likeness (QED) is 0.846. The van der Waals surface area contributed by atoms with Crippen LogP contribution in [0.15, 0.2) is 42.5 Å². The van der Waals surface area contributed by atoms with Crippen LogP contribution in [-0.2, 0) is 4.79 Å². The number of benzene rings is 2. The molecule has 1 aliphatic rings. The van der Waals surface area contributed by atoms with Gasteiger partial charge in [0.1, 0.15) is 11.6 Å². The molecule has 0 unspecified atom stereocenters. The smallest absolute Gasteiger partial charge is 0.262 e. The maximum Gasteiger partial charge on any atom is 0.262 e. The Kier molecular flexibility index (Phi) is 6.29. The Morgan fingerprint density at radius 2 is 1.93 bits per heavy atom. The average Bonchev–Trinajstić information content (AvgIpc) is 2.67. The van der Waals surface area contributed by atoms with E-state index in [0.29, 0.717) is 5.75 Å². The van der Waals surface area contributed by atoms with Gasteiger partial charge in [0.15, 0.2) is 6.61 Å². The predicted octanol–water partition coefficient (Wildman–Crippen LogP) is 3.29. The molecule has 2 aromatic carbocycles. The van der Waals surface area contributed by atoms with Gasteiger partial charge in [-0.1, -0.05) is 13.0 Å². The summed E-state index contributed by atoms with van der Waals surface area (Å²) in [7, 11) is 0. The van der Waals surface area contributed by atoms with Crippen molar-refractivity contribution in [2.24, 2.45) is 0 Å². The molecule has 6 heteroatoms. The summed E-state index contributed by atoms with van der Waals surface area (Å²) in [5.41, 5.74) is 3.07. The van der Waals surface area contributed by atoms with E-state index in [4.69, 9.17) is 4.74 Å². The number of nitrogens with zero attached hydrogens (tertiary/aromatic N) is 2. The van der Waals surface area contributed by atoms with Crippen LogP contribution in [0.4, 0.5) is 15.8 Å². The van der Waals surface area contributed by atoms with E-state index >= 15 is 0 Å². The number of likely N-dealkylation sites (N-methyl/N-ethyl adjacent to an activating group) is 1. The van der Waals surface area contributed by atoms with Crippen LogP contribution in [0, 0.1) is 12.7 Å². The lowest BCUT2D eigenvalue weighted by molar-refractivity contribution is -0.118. The van der Waals surface area contributed by atoms with Crippen LogP contribution in [0.3, 0.4) is 0 Å². The Bertz CT molecular complexity index is 789. The Hall–Kier alpha value is -2.60. The minimum Gasteiger partial charge on any atom is -0.484 e.